The Morgan fingerprint density at radius 2 is 1.65 bits per heavy atom. The van der Waals surface area contributed by atoms with E-state index in [9.17, 15) is 0 Å². The lowest BCUT2D eigenvalue weighted by molar-refractivity contribution is 0.122. The van der Waals surface area contributed by atoms with Gasteiger partial charge in [-0.05, 0) is 36.1 Å². The molecule has 0 saturated carbocycles. The van der Waals surface area contributed by atoms with Gasteiger partial charge in [0.05, 0.1) is 13.2 Å². The van der Waals surface area contributed by atoms with Crippen LogP contribution in [0, 0.1) is 0 Å². The molecule has 2 heterocycles. The first kappa shape index (κ1) is 21.7. The third-order valence-corrected chi connectivity index (χ3v) is 6.17. The summed E-state index contributed by atoms with van der Waals surface area (Å²) in [5, 5.41) is 7.09. The maximum Gasteiger partial charge on any atom is 0.191 e. The van der Waals surface area contributed by atoms with Crippen LogP contribution in [0.5, 0.6) is 0 Å². The number of benzene rings is 2. The molecule has 2 aliphatic heterocycles. The van der Waals surface area contributed by atoms with Gasteiger partial charge in [0, 0.05) is 58.0 Å². The van der Waals surface area contributed by atoms with Gasteiger partial charge in [-0.3, -0.25) is 9.89 Å². The molecule has 0 atom stereocenters. The maximum atomic E-state index is 5.44. The second kappa shape index (κ2) is 11.2. The smallest absolute Gasteiger partial charge is 0.191 e. The van der Waals surface area contributed by atoms with Gasteiger partial charge in [0.25, 0.3) is 0 Å². The van der Waals surface area contributed by atoms with E-state index in [2.05, 4.69) is 80.0 Å². The minimum Gasteiger partial charge on any atom is -0.378 e. The molecule has 31 heavy (non-hydrogen) atoms. The molecule has 6 nitrogen and oxygen atoms in total. The van der Waals surface area contributed by atoms with E-state index in [-0.39, 0.29) is 0 Å². The summed E-state index contributed by atoms with van der Waals surface area (Å²) in [6, 6.07) is 20.0. The summed E-state index contributed by atoms with van der Waals surface area (Å²) in [6.45, 7) is 7.62. The highest BCUT2D eigenvalue weighted by Crippen LogP contribution is 2.17. The van der Waals surface area contributed by atoms with Crippen molar-refractivity contribution in [3.05, 3.63) is 65.7 Å². The van der Waals surface area contributed by atoms with E-state index in [0.717, 1.165) is 71.3 Å². The summed E-state index contributed by atoms with van der Waals surface area (Å²) in [5.41, 5.74) is 3.93. The number of piperidine rings is 1. The topological polar surface area (TPSA) is 52.1 Å². The molecule has 0 spiro atoms. The van der Waals surface area contributed by atoms with Gasteiger partial charge in [-0.1, -0.05) is 42.5 Å². The van der Waals surface area contributed by atoms with E-state index in [0.29, 0.717) is 6.04 Å². The summed E-state index contributed by atoms with van der Waals surface area (Å²) in [5.74, 6) is 0.888. The van der Waals surface area contributed by atoms with Crippen molar-refractivity contribution in [2.75, 3.05) is 51.3 Å². The van der Waals surface area contributed by atoms with E-state index in [4.69, 9.17) is 4.74 Å². The Hall–Kier alpha value is -2.57. The van der Waals surface area contributed by atoms with E-state index >= 15 is 0 Å². The minimum atomic E-state index is 0.474. The van der Waals surface area contributed by atoms with Gasteiger partial charge in [0.2, 0.25) is 0 Å². The number of nitrogens with zero attached hydrogens (tertiary/aromatic N) is 3. The summed E-state index contributed by atoms with van der Waals surface area (Å²) in [6.07, 6.45) is 2.28. The second-order valence-corrected chi connectivity index (χ2v) is 8.37. The number of aliphatic imine (C=N–C) groups is 1. The first-order valence-electron chi connectivity index (χ1n) is 11.5. The van der Waals surface area contributed by atoms with Crippen molar-refractivity contribution >= 4 is 11.6 Å². The highest BCUT2D eigenvalue weighted by Gasteiger charge is 2.20. The van der Waals surface area contributed by atoms with Crippen LogP contribution in [0.3, 0.4) is 0 Å². The Morgan fingerprint density at radius 1 is 0.935 bits per heavy atom. The molecule has 0 unspecified atom stereocenters. The molecular weight excluding hydrogens is 386 g/mol. The zero-order valence-electron chi connectivity index (χ0n) is 18.6. The van der Waals surface area contributed by atoms with Gasteiger partial charge in [-0.2, -0.15) is 0 Å². The lowest BCUT2D eigenvalue weighted by Crippen LogP contribution is -2.48. The Balaban J connectivity index is 1.19. The van der Waals surface area contributed by atoms with Crippen LogP contribution in [0.1, 0.15) is 24.0 Å². The predicted molar refractivity (Wildman–Crippen MR) is 128 cm³/mol. The lowest BCUT2D eigenvalue weighted by Gasteiger charge is -2.33. The van der Waals surface area contributed by atoms with Crippen LogP contribution in [0.4, 0.5) is 5.69 Å². The number of anilines is 1. The minimum absolute atomic E-state index is 0.474. The highest BCUT2D eigenvalue weighted by molar-refractivity contribution is 5.80. The fraction of sp³-hybridized carbons (Fsp3) is 0.480. The number of ether oxygens (including phenoxy) is 1. The van der Waals surface area contributed by atoms with Crippen molar-refractivity contribution in [3.63, 3.8) is 0 Å². The normalized spacial score (nSPS) is 18.7. The fourth-order valence-corrected chi connectivity index (χ4v) is 4.30. The predicted octanol–water partition coefficient (Wildman–Crippen LogP) is 2.85. The number of hydrogen-bond acceptors (Lipinski definition) is 4. The van der Waals surface area contributed by atoms with Crippen molar-refractivity contribution in [2.45, 2.75) is 32.0 Å². The molecule has 2 aromatic carbocycles. The zero-order valence-corrected chi connectivity index (χ0v) is 18.6. The largest absolute Gasteiger partial charge is 0.378 e. The van der Waals surface area contributed by atoms with E-state index in [1.54, 1.807) is 0 Å². The molecule has 4 rings (SSSR count). The first-order valence-corrected chi connectivity index (χ1v) is 11.5. The molecule has 2 aromatic rings. The van der Waals surface area contributed by atoms with E-state index < -0.39 is 0 Å². The third-order valence-electron chi connectivity index (χ3n) is 6.17. The number of nitrogens with one attached hydrogen (secondary N) is 2. The summed E-state index contributed by atoms with van der Waals surface area (Å²) >= 11 is 0. The molecule has 6 heteroatoms. The average Bonchev–Trinajstić information content (AvgIpc) is 2.84. The van der Waals surface area contributed by atoms with Gasteiger partial charge in [-0.15, -0.1) is 0 Å². The van der Waals surface area contributed by atoms with E-state index in [1.165, 1.54) is 16.8 Å². The van der Waals surface area contributed by atoms with Gasteiger partial charge >= 0.3 is 0 Å². The molecule has 0 radical (unpaired) electrons. The molecule has 2 N–H and O–H groups in total. The number of guanidine groups is 1. The van der Waals surface area contributed by atoms with Crippen molar-refractivity contribution in [1.29, 1.82) is 0 Å². The molecule has 2 aliphatic rings. The van der Waals surface area contributed by atoms with Gasteiger partial charge in [-0.25, -0.2) is 0 Å². The third kappa shape index (κ3) is 6.45. The summed E-state index contributed by atoms with van der Waals surface area (Å²) < 4.78 is 5.44. The van der Waals surface area contributed by atoms with Gasteiger partial charge in [0.15, 0.2) is 5.96 Å². The number of rotatable bonds is 6. The highest BCUT2D eigenvalue weighted by atomic mass is 16.5. The molecule has 2 saturated heterocycles. The fourth-order valence-electron chi connectivity index (χ4n) is 4.30. The maximum absolute atomic E-state index is 5.44. The zero-order chi connectivity index (χ0) is 21.3. The van der Waals surface area contributed by atoms with Gasteiger partial charge in [0.1, 0.15) is 0 Å². The van der Waals surface area contributed by atoms with Crippen LogP contribution in [-0.2, 0) is 17.8 Å². The Kier molecular flexibility index (Phi) is 7.80. The van der Waals surface area contributed by atoms with Crippen LogP contribution in [0.25, 0.3) is 0 Å². The standard InChI is InChI=1S/C25H35N5O/c1-26-25(27-19-21-7-9-24(10-8-21)30-15-17-31-18-16-30)28-23-11-13-29(14-12-23)20-22-5-3-2-4-6-22/h2-10,23H,11-20H2,1H3,(H2,26,27,28). The number of morpholine rings is 1. The Morgan fingerprint density at radius 3 is 2.32 bits per heavy atom. The summed E-state index contributed by atoms with van der Waals surface area (Å²) in [4.78, 5) is 9.36. The quantitative estimate of drug-likeness (QED) is 0.555. The van der Waals surface area contributed by atoms with Crippen LogP contribution < -0.4 is 15.5 Å². The van der Waals surface area contributed by atoms with Crippen LogP contribution in [0.2, 0.25) is 0 Å². The Bertz CT molecular complexity index is 810. The lowest BCUT2D eigenvalue weighted by atomic mass is 10.0. The molecule has 0 aliphatic carbocycles. The first-order chi connectivity index (χ1) is 15.3. The monoisotopic (exact) mass is 421 g/mol. The van der Waals surface area contributed by atoms with Crippen molar-refractivity contribution in [2.24, 2.45) is 4.99 Å². The van der Waals surface area contributed by atoms with Crippen molar-refractivity contribution < 1.29 is 4.74 Å². The molecule has 0 amide bonds. The summed E-state index contributed by atoms with van der Waals surface area (Å²) in [7, 11) is 1.85. The molecular formula is C25H35N5O. The van der Waals surface area contributed by atoms with Crippen molar-refractivity contribution in [1.82, 2.24) is 15.5 Å². The van der Waals surface area contributed by atoms with E-state index in [1.807, 2.05) is 7.05 Å². The number of likely N-dealkylation sites (tertiary alicyclic amines) is 1. The van der Waals surface area contributed by atoms with Crippen LogP contribution in [-0.4, -0.2) is 63.3 Å². The number of hydrogen-bond donors (Lipinski definition) is 2. The molecule has 0 bridgehead atoms. The second-order valence-electron chi connectivity index (χ2n) is 8.37. The van der Waals surface area contributed by atoms with Crippen LogP contribution >= 0.6 is 0 Å². The molecule has 2 fully saturated rings. The molecule has 166 valence electrons. The van der Waals surface area contributed by atoms with Crippen molar-refractivity contribution in [3.8, 4) is 0 Å². The Labute approximate surface area is 186 Å². The van der Waals surface area contributed by atoms with Gasteiger partial charge < -0.3 is 20.3 Å². The van der Waals surface area contributed by atoms with Crippen LogP contribution in [0.15, 0.2) is 59.6 Å². The molecule has 0 aromatic heterocycles. The SMILES string of the molecule is CN=C(NCc1ccc(N2CCOCC2)cc1)NC1CCN(Cc2ccccc2)CC1. The average molecular weight is 422 g/mol.